The van der Waals surface area contributed by atoms with Crippen molar-refractivity contribution in [3.05, 3.63) is 82.0 Å². The Morgan fingerprint density at radius 1 is 1.03 bits per heavy atom. The maximum absolute atomic E-state index is 13.1. The van der Waals surface area contributed by atoms with Crippen LogP contribution in [0.1, 0.15) is 27.0 Å². The van der Waals surface area contributed by atoms with Gasteiger partial charge in [0.05, 0.1) is 19.8 Å². The van der Waals surface area contributed by atoms with Gasteiger partial charge in [-0.05, 0) is 47.9 Å². The SMILES string of the molecule is COc1ccc(C(=O)N2CCN(Cc3c(Cc4ccc(Cl)cc4)ccnc3N)CC2)c(OC)c1. The molecule has 1 aromatic heterocycles. The van der Waals surface area contributed by atoms with E-state index in [4.69, 9.17) is 26.8 Å². The van der Waals surface area contributed by atoms with Gasteiger partial charge in [0, 0.05) is 55.6 Å². The normalized spacial score (nSPS) is 14.1. The Bertz CT molecular complexity index is 1150. The van der Waals surface area contributed by atoms with Gasteiger partial charge in [-0.25, -0.2) is 4.98 Å². The molecule has 7 nitrogen and oxygen atoms in total. The lowest BCUT2D eigenvalue weighted by Crippen LogP contribution is -2.48. The van der Waals surface area contributed by atoms with Crippen molar-refractivity contribution in [1.82, 2.24) is 14.8 Å². The van der Waals surface area contributed by atoms with Gasteiger partial charge in [0.25, 0.3) is 5.91 Å². The molecule has 34 heavy (non-hydrogen) atoms. The average molecular weight is 481 g/mol. The van der Waals surface area contributed by atoms with E-state index in [0.717, 1.165) is 35.7 Å². The summed E-state index contributed by atoms with van der Waals surface area (Å²) >= 11 is 6.03. The number of piperazine rings is 1. The number of nitrogens with two attached hydrogens (primary N) is 1. The van der Waals surface area contributed by atoms with Gasteiger partial charge in [0.15, 0.2) is 0 Å². The van der Waals surface area contributed by atoms with Gasteiger partial charge in [-0.3, -0.25) is 9.69 Å². The third kappa shape index (κ3) is 5.43. The van der Waals surface area contributed by atoms with Crippen molar-refractivity contribution in [2.45, 2.75) is 13.0 Å². The number of carbonyl (C=O) groups excluding carboxylic acids is 1. The molecule has 178 valence electrons. The summed E-state index contributed by atoms with van der Waals surface area (Å²) in [4.78, 5) is 21.6. The van der Waals surface area contributed by atoms with Crippen LogP contribution in [-0.4, -0.2) is 61.1 Å². The van der Waals surface area contributed by atoms with E-state index in [1.165, 1.54) is 5.56 Å². The fourth-order valence-corrected chi connectivity index (χ4v) is 4.33. The van der Waals surface area contributed by atoms with E-state index < -0.39 is 0 Å². The molecule has 1 amide bonds. The first-order valence-corrected chi connectivity index (χ1v) is 11.6. The van der Waals surface area contributed by atoms with Crippen molar-refractivity contribution >= 4 is 23.3 Å². The molecule has 2 heterocycles. The van der Waals surface area contributed by atoms with E-state index in [1.807, 2.05) is 35.2 Å². The average Bonchev–Trinajstić information content (AvgIpc) is 2.87. The second-order valence-electron chi connectivity index (χ2n) is 8.27. The molecule has 1 fully saturated rings. The third-order valence-corrected chi connectivity index (χ3v) is 6.43. The number of benzene rings is 2. The van der Waals surface area contributed by atoms with Gasteiger partial charge in [-0.1, -0.05) is 23.7 Å². The number of hydrogen-bond donors (Lipinski definition) is 1. The highest BCUT2D eigenvalue weighted by Gasteiger charge is 2.25. The summed E-state index contributed by atoms with van der Waals surface area (Å²) in [5.41, 5.74) is 10.2. The summed E-state index contributed by atoms with van der Waals surface area (Å²) in [6.07, 6.45) is 2.51. The summed E-state index contributed by atoms with van der Waals surface area (Å²) in [7, 11) is 3.15. The van der Waals surface area contributed by atoms with E-state index in [9.17, 15) is 4.79 Å². The molecular formula is C26H29ClN4O3. The van der Waals surface area contributed by atoms with Gasteiger partial charge >= 0.3 is 0 Å². The van der Waals surface area contributed by atoms with Crippen LogP contribution < -0.4 is 15.2 Å². The highest BCUT2D eigenvalue weighted by atomic mass is 35.5. The van der Waals surface area contributed by atoms with Crippen LogP contribution in [0.3, 0.4) is 0 Å². The number of amides is 1. The van der Waals surface area contributed by atoms with Crippen LogP contribution in [0.2, 0.25) is 5.02 Å². The van der Waals surface area contributed by atoms with Crippen molar-refractivity contribution < 1.29 is 14.3 Å². The van der Waals surface area contributed by atoms with E-state index in [2.05, 4.69) is 9.88 Å². The minimum absolute atomic E-state index is 0.0385. The maximum atomic E-state index is 13.1. The predicted octanol–water partition coefficient (Wildman–Crippen LogP) is 3.88. The number of pyridine rings is 1. The molecule has 1 saturated heterocycles. The third-order valence-electron chi connectivity index (χ3n) is 6.17. The highest BCUT2D eigenvalue weighted by molar-refractivity contribution is 6.30. The molecule has 0 saturated carbocycles. The molecule has 2 N–H and O–H groups in total. The Kier molecular flexibility index (Phi) is 7.55. The number of aromatic nitrogens is 1. The molecule has 0 bridgehead atoms. The summed E-state index contributed by atoms with van der Waals surface area (Å²) in [6.45, 7) is 3.44. The van der Waals surface area contributed by atoms with Crippen molar-refractivity contribution in [2.24, 2.45) is 0 Å². The van der Waals surface area contributed by atoms with Gasteiger partial charge in [0.1, 0.15) is 17.3 Å². The number of ether oxygens (including phenoxy) is 2. The molecule has 3 aromatic rings. The van der Waals surface area contributed by atoms with Crippen molar-refractivity contribution in [3.8, 4) is 11.5 Å². The van der Waals surface area contributed by atoms with E-state index in [1.54, 1.807) is 38.6 Å². The zero-order valence-electron chi connectivity index (χ0n) is 19.5. The van der Waals surface area contributed by atoms with Crippen molar-refractivity contribution in [2.75, 3.05) is 46.1 Å². The Morgan fingerprint density at radius 2 is 1.76 bits per heavy atom. The molecule has 0 atom stereocenters. The molecule has 0 unspecified atom stereocenters. The molecule has 8 heteroatoms. The molecule has 2 aromatic carbocycles. The first kappa shape index (κ1) is 23.9. The molecule has 1 aliphatic rings. The Hall–Kier alpha value is -3.29. The zero-order valence-corrected chi connectivity index (χ0v) is 20.2. The Morgan fingerprint density at radius 3 is 2.44 bits per heavy atom. The highest BCUT2D eigenvalue weighted by Crippen LogP contribution is 2.27. The van der Waals surface area contributed by atoms with E-state index in [-0.39, 0.29) is 5.91 Å². The largest absolute Gasteiger partial charge is 0.497 e. The lowest BCUT2D eigenvalue weighted by molar-refractivity contribution is 0.0625. The molecule has 0 radical (unpaired) electrons. The van der Waals surface area contributed by atoms with Crippen LogP contribution in [0.15, 0.2) is 54.7 Å². The topological polar surface area (TPSA) is 80.9 Å². The summed E-state index contributed by atoms with van der Waals surface area (Å²) in [5, 5.41) is 0.720. The lowest BCUT2D eigenvalue weighted by atomic mass is 10.00. The molecule has 0 aliphatic carbocycles. The second kappa shape index (κ2) is 10.8. The Labute approximate surface area is 205 Å². The van der Waals surface area contributed by atoms with Gasteiger partial charge in [-0.15, -0.1) is 0 Å². The number of nitrogen functional groups attached to an aromatic ring is 1. The monoisotopic (exact) mass is 480 g/mol. The number of carbonyl (C=O) groups is 1. The molecule has 4 rings (SSSR count). The minimum Gasteiger partial charge on any atom is -0.497 e. The Balaban J connectivity index is 1.42. The maximum Gasteiger partial charge on any atom is 0.257 e. The van der Waals surface area contributed by atoms with Crippen LogP contribution in [-0.2, 0) is 13.0 Å². The summed E-state index contributed by atoms with van der Waals surface area (Å²) < 4.78 is 10.7. The fraction of sp³-hybridized carbons (Fsp3) is 0.308. The lowest BCUT2D eigenvalue weighted by Gasteiger charge is -2.35. The molecule has 0 spiro atoms. The summed E-state index contributed by atoms with van der Waals surface area (Å²) in [6, 6.07) is 15.1. The minimum atomic E-state index is -0.0385. The second-order valence-corrected chi connectivity index (χ2v) is 8.71. The van der Waals surface area contributed by atoms with Gasteiger partial charge < -0.3 is 20.1 Å². The molecular weight excluding hydrogens is 452 g/mol. The van der Waals surface area contributed by atoms with Gasteiger partial charge in [-0.2, -0.15) is 0 Å². The van der Waals surface area contributed by atoms with Gasteiger partial charge in [0.2, 0.25) is 0 Å². The first-order valence-electron chi connectivity index (χ1n) is 11.2. The van der Waals surface area contributed by atoms with Crippen molar-refractivity contribution in [3.63, 3.8) is 0 Å². The standard InChI is InChI=1S/C26H29ClN4O3/c1-33-21-7-8-22(24(16-21)34-2)26(32)31-13-11-30(12-14-31)17-23-19(9-10-29-25(23)28)15-18-3-5-20(27)6-4-18/h3-10,16H,11-15,17H2,1-2H3,(H2,28,29). The van der Waals surface area contributed by atoms with Crippen LogP contribution in [0.4, 0.5) is 5.82 Å². The number of anilines is 1. The number of rotatable bonds is 7. The zero-order chi connectivity index (χ0) is 24.1. The number of methoxy groups -OCH3 is 2. The van der Waals surface area contributed by atoms with Crippen molar-refractivity contribution in [1.29, 1.82) is 0 Å². The van der Waals surface area contributed by atoms with Crippen LogP contribution in [0, 0.1) is 0 Å². The quantitative estimate of drug-likeness (QED) is 0.552. The van der Waals surface area contributed by atoms with E-state index in [0.29, 0.717) is 42.5 Å². The van der Waals surface area contributed by atoms with Crippen LogP contribution in [0.25, 0.3) is 0 Å². The first-order chi connectivity index (χ1) is 16.5. The number of hydrogen-bond acceptors (Lipinski definition) is 6. The predicted molar refractivity (Wildman–Crippen MR) is 134 cm³/mol. The van der Waals surface area contributed by atoms with E-state index >= 15 is 0 Å². The number of halogens is 1. The summed E-state index contributed by atoms with van der Waals surface area (Å²) in [5.74, 6) is 1.68. The smallest absolute Gasteiger partial charge is 0.257 e. The fourth-order valence-electron chi connectivity index (χ4n) is 4.20. The molecule has 1 aliphatic heterocycles. The van der Waals surface area contributed by atoms with Crippen LogP contribution >= 0.6 is 11.6 Å². The van der Waals surface area contributed by atoms with Crippen LogP contribution in [0.5, 0.6) is 11.5 Å². The number of nitrogens with zero attached hydrogens (tertiary/aromatic N) is 3.